The first-order valence-electron chi connectivity index (χ1n) is 9.20. The van der Waals surface area contributed by atoms with Crippen LogP contribution in [0.1, 0.15) is 23.8 Å². The molecule has 27 heavy (non-hydrogen) atoms. The number of rotatable bonds is 4. The van der Waals surface area contributed by atoms with E-state index in [-0.39, 0.29) is 11.9 Å². The minimum atomic E-state index is -0.203. The summed E-state index contributed by atoms with van der Waals surface area (Å²) in [5, 5.41) is 6.95. The minimum absolute atomic E-state index is 0.00455. The Kier molecular flexibility index (Phi) is 5.29. The zero-order valence-corrected chi connectivity index (χ0v) is 16.1. The predicted octanol–water partition coefficient (Wildman–Crippen LogP) is 2.86. The SMILES string of the molecule is CN1CCN(CC(=O)N2N=C(c3ccc(Cl)cc3)C[C@@H]2c2ccco2)CC1. The summed E-state index contributed by atoms with van der Waals surface area (Å²) in [5.74, 6) is 0.763. The van der Waals surface area contributed by atoms with E-state index in [0.717, 1.165) is 43.2 Å². The highest BCUT2D eigenvalue weighted by Gasteiger charge is 2.35. The number of nitrogens with zero attached hydrogens (tertiary/aromatic N) is 4. The Labute approximate surface area is 164 Å². The van der Waals surface area contributed by atoms with Gasteiger partial charge in [0.1, 0.15) is 11.8 Å². The number of amides is 1. The summed E-state index contributed by atoms with van der Waals surface area (Å²) in [6.45, 7) is 4.13. The molecule has 2 aromatic rings. The molecule has 7 heteroatoms. The van der Waals surface area contributed by atoms with Crippen LogP contribution in [0.25, 0.3) is 0 Å². The number of halogens is 1. The van der Waals surface area contributed by atoms with E-state index >= 15 is 0 Å². The van der Waals surface area contributed by atoms with Crippen LogP contribution in [0, 0.1) is 0 Å². The first kappa shape index (κ1) is 18.2. The van der Waals surface area contributed by atoms with Gasteiger partial charge in [-0.1, -0.05) is 23.7 Å². The molecule has 4 rings (SSSR count). The number of carbonyl (C=O) groups excluding carboxylic acids is 1. The van der Waals surface area contributed by atoms with Crippen LogP contribution < -0.4 is 0 Å². The molecule has 1 fully saturated rings. The fourth-order valence-electron chi connectivity index (χ4n) is 3.53. The monoisotopic (exact) mass is 386 g/mol. The average Bonchev–Trinajstić information content (AvgIpc) is 3.33. The number of furan rings is 1. The molecule has 1 atom stereocenters. The maximum absolute atomic E-state index is 13.0. The Bertz CT molecular complexity index is 811. The lowest BCUT2D eigenvalue weighted by atomic mass is 10.0. The smallest absolute Gasteiger partial charge is 0.257 e. The largest absolute Gasteiger partial charge is 0.467 e. The van der Waals surface area contributed by atoms with E-state index in [1.165, 1.54) is 0 Å². The van der Waals surface area contributed by atoms with Gasteiger partial charge >= 0.3 is 0 Å². The summed E-state index contributed by atoms with van der Waals surface area (Å²) in [7, 11) is 2.11. The van der Waals surface area contributed by atoms with Gasteiger partial charge in [-0.25, -0.2) is 5.01 Å². The molecule has 142 valence electrons. The average molecular weight is 387 g/mol. The molecule has 0 bridgehead atoms. The van der Waals surface area contributed by atoms with Crippen LogP contribution in [0.3, 0.4) is 0 Å². The third-order valence-corrected chi connectivity index (χ3v) is 5.42. The summed E-state index contributed by atoms with van der Waals surface area (Å²) in [5.41, 5.74) is 1.85. The van der Waals surface area contributed by atoms with Gasteiger partial charge in [0, 0.05) is 37.6 Å². The van der Waals surface area contributed by atoms with Crippen LogP contribution in [-0.2, 0) is 4.79 Å². The highest BCUT2D eigenvalue weighted by molar-refractivity contribution is 6.30. The highest BCUT2D eigenvalue weighted by atomic mass is 35.5. The molecular formula is C20H23ClN4O2. The first-order chi connectivity index (χ1) is 13.1. The number of carbonyl (C=O) groups is 1. The molecule has 0 spiro atoms. The van der Waals surface area contributed by atoms with Crippen molar-refractivity contribution >= 4 is 23.2 Å². The Hall–Kier alpha value is -2.15. The van der Waals surface area contributed by atoms with Crippen LogP contribution >= 0.6 is 11.6 Å². The second kappa shape index (κ2) is 7.84. The number of hydrogen-bond acceptors (Lipinski definition) is 5. The van der Waals surface area contributed by atoms with Crippen molar-refractivity contribution < 1.29 is 9.21 Å². The van der Waals surface area contributed by atoms with Crippen LogP contribution in [-0.4, -0.2) is 66.2 Å². The van der Waals surface area contributed by atoms with Crippen molar-refractivity contribution in [2.75, 3.05) is 39.8 Å². The minimum Gasteiger partial charge on any atom is -0.467 e. The van der Waals surface area contributed by atoms with Gasteiger partial charge in [-0.15, -0.1) is 0 Å². The molecule has 1 amide bonds. The predicted molar refractivity (Wildman–Crippen MR) is 105 cm³/mol. The Morgan fingerprint density at radius 1 is 1.19 bits per heavy atom. The molecule has 0 radical (unpaired) electrons. The second-order valence-corrected chi connectivity index (χ2v) is 7.54. The number of likely N-dealkylation sites (N-methyl/N-ethyl adjacent to an activating group) is 1. The molecule has 0 saturated carbocycles. The molecule has 0 N–H and O–H groups in total. The molecule has 2 aliphatic heterocycles. The lowest BCUT2D eigenvalue weighted by Gasteiger charge is -2.32. The lowest BCUT2D eigenvalue weighted by Crippen LogP contribution is -2.48. The van der Waals surface area contributed by atoms with Crippen molar-refractivity contribution in [1.82, 2.24) is 14.8 Å². The maximum atomic E-state index is 13.0. The normalized spacial score (nSPS) is 21.5. The standard InChI is InChI=1S/C20H23ClN4O2/c1-23-8-10-24(11-9-23)14-20(26)25-18(19-3-2-12-27-19)13-17(22-25)15-4-6-16(21)7-5-15/h2-7,12,18H,8-11,13-14H2,1H3/t18-/m1/s1. The fraction of sp³-hybridized carbons (Fsp3) is 0.400. The zero-order chi connectivity index (χ0) is 18.8. The molecule has 1 aromatic carbocycles. The van der Waals surface area contributed by atoms with Gasteiger partial charge < -0.3 is 9.32 Å². The Balaban J connectivity index is 1.54. The zero-order valence-electron chi connectivity index (χ0n) is 15.3. The summed E-state index contributed by atoms with van der Waals surface area (Å²) in [4.78, 5) is 17.5. The van der Waals surface area contributed by atoms with Gasteiger partial charge in [0.25, 0.3) is 5.91 Å². The van der Waals surface area contributed by atoms with Gasteiger partial charge in [0.15, 0.2) is 0 Å². The summed E-state index contributed by atoms with van der Waals surface area (Å²) in [6.07, 6.45) is 2.27. The summed E-state index contributed by atoms with van der Waals surface area (Å²) in [6, 6.07) is 11.1. The number of hydrazone groups is 1. The van der Waals surface area contributed by atoms with E-state index in [1.807, 2.05) is 36.4 Å². The number of benzene rings is 1. The van der Waals surface area contributed by atoms with E-state index in [4.69, 9.17) is 16.0 Å². The van der Waals surface area contributed by atoms with Crippen LogP contribution in [0.5, 0.6) is 0 Å². The van der Waals surface area contributed by atoms with Crippen LogP contribution in [0.4, 0.5) is 0 Å². The number of piperazine rings is 1. The Morgan fingerprint density at radius 3 is 2.59 bits per heavy atom. The highest BCUT2D eigenvalue weighted by Crippen LogP contribution is 2.33. The van der Waals surface area contributed by atoms with Gasteiger partial charge in [0.05, 0.1) is 18.5 Å². The molecule has 0 unspecified atom stereocenters. The van der Waals surface area contributed by atoms with Gasteiger partial charge in [-0.2, -0.15) is 5.10 Å². The van der Waals surface area contributed by atoms with Crippen LogP contribution in [0.2, 0.25) is 5.02 Å². The van der Waals surface area contributed by atoms with Crippen molar-refractivity contribution in [3.05, 3.63) is 59.0 Å². The van der Waals surface area contributed by atoms with Crippen molar-refractivity contribution in [3.63, 3.8) is 0 Å². The molecular weight excluding hydrogens is 364 g/mol. The second-order valence-electron chi connectivity index (χ2n) is 7.11. The van der Waals surface area contributed by atoms with E-state index in [0.29, 0.717) is 18.0 Å². The summed E-state index contributed by atoms with van der Waals surface area (Å²) >= 11 is 6.00. The van der Waals surface area contributed by atoms with Gasteiger partial charge in [-0.3, -0.25) is 9.69 Å². The summed E-state index contributed by atoms with van der Waals surface area (Å²) < 4.78 is 5.60. The molecule has 6 nitrogen and oxygen atoms in total. The Morgan fingerprint density at radius 2 is 1.93 bits per heavy atom. The fourth-order valence-corrected chi connectivity index (χ4v) is 3.66. The molecule has 1 saturated heterocycles. The van der Waals surface area contributed by atoms with E-state index < -0.39 is 0 Å². The molecule has 0 aliphatic carbocycles. The van der Waals surface area contributed by atoms with E-state index in [2.05, 4.69) is 21.9 Å². The molecule has 3 heterocycles. The lowest BCUT2D eigenvalue weighted by molar-refractivity contribution is -0.135. The van der Waals surface area contributed by atoms with E-state index in [1.54, 1.807) is 11.3 Å². The third-order valence-electron chi connectivity index (χ3n) is 5.17. The van der Waals surface area contributed by atoms with Gasteiger partial charge in [-0.05, 0) is 36.9 Å². The maximum Gasteiger partial charge on any atom is 0.257 e. The van der Waals surface area contributed by atoms with Crippen LogP contribution in [0.15, 0.2) is 52.2 Å². The van der Waals surface area contributed by atoms with Crippen molar-refractivity contribution in [2.24, 2.45) is 5.10 Å². The van der Waals surface area contributed by atoms with Gasteiger partial charge in [0.2, 0.25) is 0 Å². The molecule has 1 aromatic heterocycles. The molecule has 2 aliphatic rings. The first-order valence-corrected chi connectivity index (χ1v) is 9.58. The van der Waals surface area contributed by atoms with Crippen molar-refractivity contribution in [2.45, 2.75) is 12.5 Å². The quantitative estimate of drug-likeness (QED) is 0.810. The topological polar surface area (TPSA) is 52.3 Å². The third kappa shape index (κ3) is 4.08. The van der Waals surface area contributed by atoms with E-state index in [9.17, 15) is 4.79 Å². The number of hydrogen-bond donors (Lipinski definition) is 0. The van der Waals surface area contributed by atoms with Crippen molar-refractivity contribution in [1.29, 1.82) is 0 Å². The van der Waals surface area contributed by atoms with Crippen molar-refractivity contribution in [3.8, 4) is 0 Å².